The van der Waals surface area contributed by atoms with E-state index in [9.17, 15) is 0 Å². The van der Waals surface area contributed by atoms with Crippen LogP contribution in [0.5, 0.6) is 0 Å². The van der Waals surface area contributed by atoms with E-state index < -0.39 is 0 Å². The lowest BCUT2D eigenvalue weighted by Gasteiger charge is -2.13. The molecule has 0 saturated heterocycles. The molecular weight excluding hydrogens is 174 g/mol. The second kappa shape index (κ2) is 12.3. The summed E-state index contributed by atoms with van der Waals surface area (Å²) in [6.07, 6.45) is 6.54. The largest absolute Gasteiger partial charge is 0.151 e. The van der Waals surface area contributed by atoms with E-state index in [0.717, 1.165) is 5.92 Å². The van der Waals surface area contributed by atoms with E-state index >= 15 is 0 Å². The Balaban J connectivity index is 0. The van der Waals surface area contributed by atoms with Crippen LogP contribution in [0, 0.1) is 10.8 Å². The monoisotopic (exact) mass is 199 g/mol. The molecule has 0 aromatic heterocycles. The molecule has 0 aromatic rings. The minimum atomic E-state index is 0.389. The van der Waals surface area contributed by atoms with Gasteiger partial charge in [0.15, 0.2) is 0 Å². The average molecular weight is 199 g/mol. The lowest BCUT2D eigenvalue weighted by Crippen LogP contribution is -1.97. The van der Waals surface area contributed by atoms with Gasteiger partial charge in [-0.25, -0.2) is 0 Å². The summed E-state index contributed by atoms with van der Waals surface area (Å²) in [7, 11) is 0. The molecule has 14 heavy (non-hydrogen) atoms. The van der Waals surface area contributed by atoms with Crippen molar-refractivity contribution < 1.29 is 0 Å². The highest BCUT2D eigenvalue weighted by molar-refractivity contribution is 5.03. The maximum Gasteiger partial charge on any atom is 0.0783 e. The van der Waals surface area contributed by atoms with Crippen molar-refractivity contribution in [3.05, 3.63) is 16.6 Å². The molecule has 84 valence electrons. The smallest absolute Gasteiger partial charge is 0.0783 e. The van der Waals surface area contributed by atoms with Gasteiger partial charge in [-0.2, -0.15) is 4.91 Å². The van der Waals surface area contributed by atoms with E-state index in [4.69, 9.17) is 4.91 Å². The lowest BCUT2D eigenvalue weighted by atomic mass is 9.93. The summed E-state index contributed by atoms with van der Waals surface area (Å²) >= 11 is 0. The molecule has 0 radical (unpaired) electrons. The van der Waals surface area contributed by atoms with Crippen molar-refractivity contribution in [2.24, 2.45) is 11.1 Å². The van der Waals surface area contributed by atoms with E-state index in [-0.39, 0.29) is 0 Å². The Hall–Kier alpha value is -0.660. The molecule has 1 aliphatic carbocycles. The summed E-state index contributed by atoms with van der Waals surface area (Å²) in [6, 6.07) is 0. The molecule has 2 heteroatoms. The molecule has 0 spiro atoms. The highest BCUT2D eigenvalue weighted by atomic mass is 16.3. The first-order chi connectivity index (χ1) is 6.70. The Bertz CT molecular complexity index is 152. The molecule has 1 unspecified atom stereocenters. The predicted octanol–water partition coefficient (Wildman–Crippen LogP) is 4.55. The summed E-state index contributed by atoms with van der Waals surface area (Å²) < 4.78 is 0. The number of nitrogens with zero attached hydrogens (tertiary/aromatic N) is 1. The summed E-state index contributed by atoms with van der Waals surface area (Å²) in [5.74, 6) is 0.851. The third kappa shape index (κ3) is 11.3. The molecule has 2 nitrogen and oxygen atoms in total. The summed E-state index contributed by atoms with van der Waals surface area (Å²) in [4.78, 5) is 8.92. The van der Waals surface area contributed by atoms with Gasteiger partial charge in [-0.3, -0.25) is 0 Å². The van der Waals surface area contributed by atoms with Crippen LogP contribution in [-0.4, -0.2) is 6.54 Å². The van der Waals surface area contributed by atoms with Crippen molar-refractivity contribution >= 4 is 0 Å². The average Bonchev–Trinajstić information content (AvgIpc) is 2.21. The zero-order valence-corrected chi connectivity index (χ0v) is 10.3. The van der Waals surface area contributed by atoms with Gasteiger partial charge in [0.05, 0.1) is 6.54 Å². The minimum Gasteiger partial charge on any atom is -0.151 e. The maximum absolute atomic E-state index is 8.92. The zero-order valence-electron chi connectivity index (χ0n) is 10.3. The summed E-state index contributed by atoms with van der Waals surface area (Å²) in [6.45, 7) is 10.6. The molecule has 0 aliphatic heterocycles. The van der Waals surface area contributed by atoms with Crippen molar-refractivity contribution in [3.8, 4) is 0 Å². The molecule has 1 atom stereocenters. The minimum absolute atomic E-state index is 0.389. The van der Waals surface area contributed by atoms with Gasteiger partial charge in [-0.15, -0.1) is 0 Å². The quantitative estimate of drug-likeness (QED) is 0.450. The highest BCUT2D eigenvalue weighted by Gasteiger charge is 2.04. The van der Waals surface area contributed by atoms with Gasteiger partial charge in [-0.05, 0) is 39.0 Å². The van der Waals surface area contributed by atoms with Gasteiger partial charge in [-0.1, -0.05) is 37.6 Å². The lowest BCUT2D eigenvalue weighted by molar-refractivity contribution is 0.568. The zero-order chi connectivity index (χ0) is 11.4. The Morgan fingerprint density at radius 3 is 2.21 bits per heavy atom. The van der Waals surface area contributed by atoms with Crippen LogP contribution in [0.15, 0.2) is 16.8 Å². The number of allylic oxidation sites excluding steroid dienone is 2. The maximum atomic E-state index is 8.92. The molecule has 0 aromatic carbocycles. The first kappa shape index (κ1) is 15.8. The van der Waals surface area contributed by atoms with Crippen LogP contribution >= 0.6 is 0 Å². The standard InChI is InChI=1S/C8H14.C2H5NO.C2H6/c1-7-4-3-5-8(2)6-7;1-2-3-4;1-2/h6-7H,3-5H2,1-2H3;2H2,1H3;1-2H3. The third-order valence-corrected chi connectivity index (χ3v) is 1.93. The second-order valence-electron chi connectivity index (χ2n) is 3.33. The molecule has 1 aliphatic rings. The van der Waals surface area contributed by atoms with Crippen molar-refractivity contribution in [2.45, 2.75) is 53.9 Å². The Labute approximate surface area is 88.8 Å². The van der Waals surface area contributed by atoms with E-state index in [1.54, 1.807) is 12.5 Å². The molecule has 0 bridgehead atoms. The second-order valence-corrected chi connectivity index (χ2v) is 3.33. The Morgan fingerprint density at radius 2 is 2.00 bits per heavy atom. The molecule has 1 rings (SSSR count). The van der Waals surface area contributed by atoms with Crippen molar-refractivity contribution in [3.63, 3.8) is 0 Å². The van der Waals surface area contributed by atoms with Crippen LogP contribution in [0.1, 0.15) is 53.9 Å². The van der Waals surface area contributed by atoms with E-state index in [1.165, 1.54) is 19.3 Å². The van der Waals surface area contributed by atoms with Gasteiger partial charge in [0.2, 0.25) is 0 Å². The molecule has 0 heterocycles. The molecule has 0 saturated carbocycles. The van der Waals surface area contributed by atoms with Gasteiger partial charge in [0.1, 0.15) is 0 Å². The Kier molecular flexibility index (Phi) is 13.9. The van der Waals surface area contributed by atoms with E-state index in [0.29, 0.717) is 6.54 Å². The van der Waals surface area contributed by atoms with Crippen LogP contribution in [0.4, 0.5) is 0 Å². The number of rotatable bonds is 1. The fourth-order valence-electron chi connectivity index (χ4n) is 1.36. The summed E-state index contributed by atoms with van der Waals surface area (Å²) in [5.41, 5.74) is 1.59. The van der Waals surface area contributed by atoms with Gasteiger partial charge < -0.3 is 0 Å². The molecule has 0 amide bonds. The summed E-state index contributed by atoms with van der Waals surface area (Å²) in [5, 5.41) is 2.49. The number of hydrogen-bond acceptors (Lipinski definition) is 2. The fraction of sp³-hybridized carbons (Fsp3) is 0.833. The van der Waals surface area contributed by atoms with Crippen LogP contribution in [0.2, 0.25) is 0 Å². The van der Waals surface area contributed by atoms with Crippen LogP contribution in [0.25, 0.3) is 0 Å². The van der Waals surface area contributed by atoms with Gasteiger partial charge in [0, 0.05) is 0 Å². The third-order valence-electron chi connectivity index (χ3n) is 1.93. The number of nitroso groups, excluding NO2 is 1. The highest BCUT2D eigenvalue weighted by Crippen LogP contribution is 2.20. The van der Waals surface area contributed by atoms with Gasteiger partial charge >= 0.3 is 0 Å². The van der Waals surface area contributed by atoms with Crippen LogP contribution in [-0.2, 0) is 0 Å². The van der Waals surface area contributed by atoms with Crippen molar-refractivity contribution in [2.75, 3.05) is 6.54 Å². The topological polar surface area (TPSA) is 29.4 Å². The fourth-order valence-corrected chi connectivity index (χ4v) is 1.36. The first-order valence-electron chi connectivity index (χ1n) is 5.67. The normalized spacial score (nSPS) is 19.2. The molecule has 0 fully saturated rings. The predicted molar refractivity (Wildman–Crippen MR) is 64.5 cm³/mol. The van der Waals surface area contributed by atoms with Crippen LogP contribution < -0.4 is 0 Å². The number of hydrogen-bond donors (Lipinski definition) is 0. The van der Waals surface area contributed by atoms with E-state index in [1.807, 2.05) is 13.8 Å². The van der Waals surface area contributed by atoms with E-state index in [2.05, 4.69) is 25.1 Å². The SMILES string of the molecule is CC.CC1=CC(C)CCC1.CCN=O. The molecule has 0 N–H and O–H groups in total. The van der Waals surface area contributed by atoms with Crippen molar-refractivity contribution in [1.29, 1.82) is 0 Å². The van der Waals surface area contributed by atoms with Crippen LogP contribution in [0.3, 0.4) is 0 Å². The Morgan fingerprint density at radius 1 is 1.50 bits per heavy atom. The van der Waals surface area contributed by atoms with Gasteiger partial charge in [0.25, 0.3) is 0 Å². The first-order valence-corrected chi connectivity index (χ1v) is 5.67. The van der Waals surface area contributed by atoms with Crippen molar-refractivity contribution in [1.82, 2.24) is 0 Å². The molecular formula is C12H25NO.